The van der Waals surface area contributed by atoms with Gasteiger partial charge in [-0.15, -0.1) is 0 Å². The minimum absolute atomic E-state index is 0.00635. The first-order chi connectivity index (χ1) is 22.5. The van der Waals surface area contributed by atoms with Crippen molar-refractivity contribution in [2.75, 3.05) is 10.8 Å². The summed E-state index contributed by atoms with van der Waals surface area (Å²) in [7, 11) is -4.20. The summed E-state index contributed by atoms with van der Waals surface area (Å²) in [5.74, 6) is -0.872. The fraction of sp³-hybridized carbons (Fsp3) is 0.297. The normalized spacial score (nSPS) is 14.0. The van der Waals surface area contributed by atoms with Crippen LogP contribution in [0, 0.1) is 13.8 Å². The zero-order valence-electron chi connectivity index (χ0n) is 26.5. The predicted octanol–water partition coefficient (Wildman–Crippen LogP) is 7.50. The molecule has 0 aliphatic heterocycles. The standard InChI is InChI=1S/C37H39Cl2N3O4S/c1-26-20-27(2)22-30(21-26)42(47(45,46)31-16-7-4-8-17-31)25-36(43)41(24-32-33(38)18-11-19-34(32)39)35(23-28-12-5-3-6-13-28)37(44)40-29-14-9-10-15-29/h3-8,11-13,16-22,29,35H,9-10,14-15,23-25H2,1-2H3,(H,40,44). The smallest absolute Gasteiger partial charge is 0.264 e. The van der Waals surface area contributed by atoms with E-state index >= 15 is 0 Å². The van der Waals surface area contributed by atoms with E-state index in [-0.39, 0.29) is 29.8 Å². The molecule has 2 amide bonds. The molecule has 7 nitrogen and oxygen atoms in total. The topological polar surface area (TPSA) is 86.8 Å². The van der Waals surface area contributed by atoms with Crippen LogP contribution in [0.25, 0.3) is 0 Å². The number of nitrogens with zero attached hydrogens (tertiary/aromatic N) is 2. The lowest BCUT2D eigenvalue weighted by molar-refractivity contribution is -0.140. The lowest BCUT2D eigenvalue weighted by atomic mass is 10.0. The minimum atomic E-state index is -4.20. The molecular weight excluding hydrogens is 653 g/mol. The van der Waals surface area contributed by atoms with Gasteiger partial charge in [-0.25, -0.2) is 8.42 Å². The highest BCUT2D eigenvalue weighted by Crippen LogP contribution is 2.30. The van der Waals surface area contributed by atoms with Crippen LogP contribution in [-0.4, -0.2) is 43.8 Å². The average Bonchev–Trinajstić information content (AvgIpc) is 3.56. The van der Waals surface area contributed by atoms with Crippen LogP contribution in [0.5, 0.6) is 0 Å². The average molecular weight is 693 g/mol. The first kappa shape index (κ1) is 34.5. The molecule has 10 heteroatoms. The Labute approximate surface area is 287 Å². The molecule has 1 N–H and O–H groups in total. The number of nitrogens with one attached hydrogen (secondary N) is 1. The molecule has 0 radical (unpaired) electrons. The van der Waals surface area contributed by atoms with E-state index in [9.17, 15) is 18.0 Å². The second-order valence-corrected chi connectivity index (χ2v) is 14.8. The van der Waals surface area contributed by atoms with Crippen molar-refractivity contribution in [1.29, 1.82) is 0 Å². The fourth-order valence-corrected chi connectivity index (χ4v) is 8.05. The van der Waals surface area contributed by atoms with E-state index in [2.05, 4.69) is 5.32 Å². The maximum atomic E-state index is 14.7. The van der Waals surface area contributed by atoms with Gasteiger partial charge in [0.2, 0.25) is 11.8 Å². The lowest BCUT2D eigenvalue weighted by Gasteiger charge is -2.34. The number of aryl methyl sites for hydroxylation is 2. The lowest BCUT2D eigenvalue weighted by Crippen LogP contribution is -2.54. The molecule has 0 spiro atoms. The summed E-state index contributed by atoms with van der Waals surface area (Å²) in [5, 5.41) is 3.86. The highest BCUT2D eigenvalue weighted by Gasteiger charge is 2.36. The molecule has 4 aromatic carbocycles. The largest absolute Gasteiger partial charge is 0.352 e. The van der Waals surface area contributed by atoms with Crippen molar-refractivity contribution in [3.05, 3.63) is 129 Å². The van der Waals surface area contributed by atoms with Crippen LogP contribution in [0.1, 0.15) is 47.9 Å². The molecule has 1 unspecified atom stereocenters. The Kier molecular flexibility index (Phi) is 11.3. The summed E-state index contributed by atoms with van der Waals surface area (Å²) in [4.78, 5) is 30.4. The molecule has 1 saturated carbocycles. The SMILES string of the molecule is Cc1cc(C)cc(N(CC(=O)N(Cc2c(Cl)cccc2Cl)C(Cc2ccccc2)C(=O)NC2CCCC2)S(=O)(=O)c2ccccc2)c1. The maximum absolute atomic E-state index is 14.7. The van der Waals surface area contributed by atoms with Gasteiger partial charge < -0.3 is 10.2 Å². The van der Waals surface area contributed by atoms with E-state index in [1.54, 1.807) is 48.5 Å². The second kappa shape index (κ2) is 15.4. The van der Waals surface area contributed by atoms with E-state index in [4.69, 9.17) is 23.2 Å². The number of hydrogen-bond donors (Lipinski definition) is 1. The van der Waals surface area contributed by atoms with Gasteiger partial charge in [-0.2, -0.15) is 0 Å². The van der Waals surface area contributed by atoms with Gasteiger partial charge >= 0.3 is 0 Å². The fourth-order valence-electron chi connectivity index (χ4n) is 6.12. The first-order valence-electron chi connectivity index (χ1n) is 15.8. The van der Waals surface area contributed by atoms with Crippen molar-refractivity contribution in [2.45, 2.75) is 69.5 Å². The van der Waals surface area contributed by atoms with E-state index in [1.807, 2.05) is 50.2 Å². The Morgan fingerprint density at radius 3 is 2.00 bits per heavy atom. The zero-order valence-corrected chi connectivity index (χ0v) is 28.9. The molecule has 4 aromatic rings. The van der Waals surface area contributed by atoms with Gasteiger partial charge in [0.1, 0.15) is 12.6 Å². The number of halogens is 2. The van der Waals surface area contributed by atoms with E-state index in [1.165, 1.54) is 17.0 Å². The Morgan fingerprint density at radius 1 is 0.830 bits per heavy atom. The Hall–Kier alpha value is -3.85. The summed E-state index contributed by atoms with van der Waals surface area (Å²) < 4.78 is 29.6. The summed E-state index contributed by atoms with van der Waals surface area (Å²) in [6, 6.07) is 27.0. The number of amides is 2. The number of hydrogen-bond acceptors (Lipinski definition) is 4. The van der Waals surface area contributed by atoms with E-state index < -0.39 is 28.5 Å². The van der Waals surface area contributed by atoms with Crippen LogP contribution >= 0.6 is 23.2 Å². The molecule has 0 saturated heterocycles. The molecule has 47 heavy (non-hydrogen) atoms. The van der Waals surface area contributed by atoms with Crippen molar-refractivity contribution in [3.63, 3.8) is 0 Å². The molecule has 1 aliphatic rings. The first-order valence-corrected chi connectivity index (χ1v) is 18.0. The molecule has 5 rings (SSSR count). The molecule has 0 heterocycles. The minimum Gasteiger partial charge on any atom is -0.352 e. The number of rotatable bonds is 12. The third-order valence-electron chi connectivity index (χ3n) is 8.47. The monoisotopic (exact) mass is 691 g/mol. The van der Waals surface area contributed by atoms with Gasteiger partial charge in [0.15, 0.2) is 0 Å². The van der Waals surface area contributed by atoms with Crippen molar-refractivity contribution in [3.8, 4) is 0 Å². The van der Waals surface area contributed by atoms with Gasteiger partial charge in [-0.05, 0) is 79.8 Å². The molecule has 1 fully saturated rings. The highest BCUT2D eigenvalue weighted by atomic mass is 35.5. The summed E-state index contributed by atoms with van der Waals surface area (Å²) in [6.45, 7) is 3.10. The van der Waals surface area contributed by atoms with E-state index in [0.29, 0.717) is 21.3 Å². The molecule has 1 atom stereocenters. The quantitative estimate of drug-likeness (QED) is 0.167. The summed E-state index contributed by atoms with van der Waals surface area (Å²) >= 11 is 13.2. The zero-order chi connectivity index (χ0) is 33.6. The van der Waals surface area contributed by atoms with Crippen molar-refractivity contribution < 1.29 is 18.0 Å². The number of carbonyl (C=O) groups excluding carboxylic acids is 2. The molecule has 246 valence electrons. The van der Waals surface area contributed by atoms with Gasteiger partial charge in [-0.1, -0.05) is 96.7 Å². The molecular formula is C37H39Cl2N3O4S. The Balaban J connectivity index is 1.61. The van der Waals surface area contributed by atoms with Crippen molar-refractivity contribution in [2.24, 2.45) is 0 Å². The third-order valence-corrected chi connectivity index (χ3v) is 11.0. The predicted molar refractivity (Wildman–Crippen MR) is 188 cm³/mol. The molecule has 0 bridgehead atoms. The Bertz CT molecular complexity index is 1770. The van der Waals surface area contributed by atoms with Crippen LogP contribution < -0.4 is 9.62 Å². The van der Waals surface area contributed by atoms with Crippen molar-refractivity contribution in [1.82, 2.24) is 10.2 Å². The van der Waals surface area contributed by atoms with Gasteiger partial charge in [0.05, 0.1) is 10.6 Å². The maximum Gasteiger partial charge on any atom is 0.264 e. The number of benzene rings is 4. The van der Waals surface area contributed by atoms with Crippen LogP contribution in [0.2, 0.25) is 10.0 Å². The van der Waals surface area contributed by atoms with Gasteiger partial charge in [-0.3, -0.25) is 13.9 Å². The number of anilines is 1. The third kappa shape index (κ3) is 8.55. The van der Waals surface area contributed by atoms with Gasteiger partial charge in [0, 0.05) is 34.6 Å². The van der Waals surface area contributed by atoms with Crippen molar-refractivity contribution >= 4 is 50.7 Å². The van der Waals surface area contributed by atoms with Crippen LogP contribution in [0.15, 0.2) is 102 Å². The second-order valence-electron chi connectivity index (χ2n) is 12.1. The van der Waals surface area contributed by atoms with Gasteiger partial charge in [0.25, 0.3) is 10.0 Å². The summed E-state index contributed by atoms with van der Waals surface area (Å²) in [5.41, 5.74) is 3.37. The van der Waals surface area contributed by atoms with Crippen LogP contribution in [0.3, 0.4) is 0 Å². The highest BCUT2D eigenvalue weighted by molar-refractivity contribution is 7.92. The Morgan fingerprint density at radius 2 is 1.40 bits per heavy atom. The summed E-state index contributed by atoms with van der Waals surface area (Å²) in [6.07, 6.45) is 3.98. The van der Waals surface area contributed by atoms with E-state index in [0.717, 1.165) is 46.7 Å². The molecule has 1 aliphatic carbocycles. The van der Waals surface area contributed by atoms with Crippen LogP contribution in [0.4, 0.5) is 5.69 Å². The van der Waals surface area contributed by atoms with Crippen LogP contribution in [-0.2, 0) is 32.6 Å². The number of sulfonamides is 1. The number of carbonyl (C=O) groups is 2. The molecule has 0 aromatic heterocycles.